The maximum absolute atomic E-state index is 12.2. The minimum atomic E-state index is 0.00958. The number of halogens is 1. The molecule has 1 unspecified atom stereocenters. The lowest BCUT2D eigenvalue weighted by Crippen LogP contribution is -2.29. The van der Waals surface area contributed by atoms with Gasteiger partial charge in [0.15, 0.2) is 0 Å². The molecule has 3 nitrogen and oxygen atoms in total. The van der Waals surface area contributed by atoms with Crippen molar-refractivity contribution >= 4 is 21.8 Å². The Morgan fingerprint density at radius 1 is 1.56 bits per heavy atom. The molecule has 1 fully saturated rings. The summed E-state index contributed by atoms with van der Waals surface area (Å²) in [6.07, 6.45) is 0.990. The monoisotopic (exact) mass is 283 g/mol. The largest absolute Gasteiger partial charge is 0.508 e. The van der Waals surface area contributed by atoms with Gasteiger partial charge in [-0.05, 0) is 25.5 Å². The van der Waals surface area contributed by atoms with Crippen LogP contribution in [0, 0.1) is 6.92 Å². The highest BCUT2D eigenvalue weighted by Gasteiger charge is 2.26. The van der Waals surface area contributed by atoms with E-state index in [-0.39, 0.29) is 11.7 Å². The molecule has 4 heteroatoms. The van der Waals surface area contributed by atoms with Gasteiger partial charge in [-0.2, -0.15) is 0 Å². The molecule has 1 amide bonds. The number of phenolic OH excluding ortho intramolecular Hbond substituents is 1. The number of alkyl halides is 1. The van der Waals surface area contributed by atoms with Crippen molar-refractivity contribution in [3.05, 3.63) is 29.3 Å². The maximum Gasteiger partial charge on any atom is 0.254 e. The highest BCUT2D eigenvalue weighted by molar-refractivity contribution is 9.09. The predicted octanol–water partition coefficient (Wildman–Crippen LogP) is 2.31. The molecule has 0 saturated carbocycles. The summed E-state index contributed by atoms with van der Waals surface area (Å²) in [4.78, 5) is 14.4. The van der Waals surface area contributed by atoms with E-state index in [0.717, 1.165) is 19.5 Å². The molecule has 86 valence electrons. The summed E-state index contributed by atoms with van der Waals surface area (Å²) < 4.78 is 0. The lowest BCUT2D eigenvalue weighted by molar-refractivity contribution is 0.0792. The van der Waals surface area contributed by atoms with Crippen LogP contribution in [0.15, 0.2) is 18.2 Å². The van der Waals surface area contributed by atoms with Crippen molar-refractivity contribution in [2.24, 2.45) is 0 Å². The van der Waals surface area contributed by atoms with Crippen molar-refractivity contribution < 1.29 is 9.90 Å². The van der Waals surface area contributed by atoms with Gasteiger partial charge in [0, 0.05) is 29.0 Å². The fourth-order valence-corrected chi connectivity index (χ4v) is 2.48. The van der Waals surface area contributed by atoms with E-state index >= 15 is 0 Å². The number of rotatable bonds is 1. The van der Waals surface area contributed by atoms with Crippen LogP contribution in [0.1, 0.15) is 22.3 Å². The number of carbonyl (C=O) groups excluding carboxylic acids is 1. The summed E-state index contributed by atoms with van der Waals surface area (Å²) in [6.45, 7) is 3.29. The topological polar surface area (TPSA) is 40.5 Å². The van der Waals surface area contributed by atoms with Gasteiger partial charge in [0.2, 0.25) is 0 Å². The molecular formula is C12H14BrNO2. The predicted molar refractivity (Wildman–Crippen MR) is 66.1 cm³/mol. The molecule has 0 aliphatic carbocycles. The third kappa shape index (κ3) is 2.07. The SMILES string of the molecule is Cc1c(O)cccc1C(=O)N1CCC(Br)C1. The number of aromatic hydroxyl groups is 1. The number of phenols is 1. The average molecular weight is 284 g/mol. The number of benzene rings is 1. The maximum atomic E-state index is 12.2. The molecule has 1 N–H and O–H groups in total. The number of hydrogen-bond acceptors (Lipinski definition) is 2. The van der Waals surface area contributed by atoms with Crippen LogP contribution < -0.4 is 0 Å². The van der Waals surface area contributed by atoms with Gasteiger partial charge in [-0.15, -0.1) is 0 Å². The first-order valence-corrected chi connectivity index (χ1v) is 6.23. The molecule has 0 radical (unpaired) electrons. The molecule has 1 saturated heterocycles. The molecule has 0 bridgehead atoms. The van der Waals surface area contributed by atoms with Gasteiger partial charge in [0.1, 0.15) is 5.75 Å². The van der Waals surface area contributed by atoms with Gasteiger partial charge < -0.3 is 10.0 Å². The van der Waals surface area contributed by atoms with Crippen LogP contribution in [0.5, 0.6) is 5.75 Å². The summed E-state index contributed by atoms with van der Waals surface area (Å²) >= 11 is 3.51. The number of likely N-dealkylation sites (tertiary alicyclic amines) is 1. The Morgan fingerprint density at radius 2 is 2.31 bits per heavy atom. The summed E-state index contributed by atoms with van der Waals surface area (Å²) in [5, 5.41) is 9.56. The van der Waals surface area contributed by atoms with E-state index in [1.165, 1.54) is 0 Å². The second kappa shape index (κ2) is 4.45. The smallest absolute Gasteiger partial charge is 0.254 e. The number of amides is 1. The number of hydrogen-bond donors (Lipinski definition) is 1. The molecule has 1 heterocycles. The van der Waals surface area contributed by atoms with Crippen molar-refractivity contribution in [2.75, 3.05) is 13.1 Å². The summed E-state index contributed by atoms with van der Waals surface area (Å²) in [7, 11) is 0. The van der Waals surface area contributed by atoms with Crippen LogP contribution in [0.2, 0.25) is 0 Å². The summed E-state index contributed by atoms with van der Waals surface area (Å²) in [5.74, 6) is 0.191. The zero-order valence-electron chi connectivity index (χ0n) is 9.11. The van der Waals surface area contributed by atoms with E-state index < -0.39 is 0 Å². The van der Waals surface area contributed by atoms with E-state index in [1.807, 2.05) is 4.90 Å². The molecule has 2 rings (SSSR count). The van der Waals surface area contributed by atoms with Crippen LogP contribution in [-0.4, -0.2) is 33.8 Å². The number of nitrogens with zero attached hydrogens (tertiary/aromatic N) is 1. The van der Waals surface area contributed by atoms with Crippen LogP contribution in [0.25, 0.3) is 0 Å². The number of carbonyl (C=O) groups is 1. The van der Waals surface area contributed by atoms with Crippen molar-refractivity contribution in [1.82, 2.24) is 4.90 Å². The Labute approximate surface area is 103 Å². The van der Waals surface area contributed by atoms with Crippen molar-refractivity contribution in [2.45, 2.75) is 18.2 Å². The molecule has 1 atom stereocenters. The van der Waals surface area contributed by atoms with Gasteiger partial charge >= 0.3 is 0 Å². The Balaban J connectivity index is 2.24. The first-order chi connectivity index (χ1) is 7.59. The molecule has 0 aromatic heterocycles. The van der Waals surface area contributed by atoms with E-state index in [1.54, 1.807) is 25.1 Å². The Bertz CT molecular complexity index is 419. The van der Waals surface area contributed by atoms with Gasteiger partial charge in [-0.3, -0.25) is 4.79 Å². The van der Waals surface area contributed by atoms with Crippen molar-refractivity contribution in [3.63, 3.8) is 0 Å². The Hall–Kier alpha value is -1.03. The quantitative estimate of drug-likeness (QED) is 0.804. The normalized spacial score (nSPS) is 20.1. The first kappa shape index (κ1) is 11.5. The lowest BCUT2D eigenvalue weighted by Gasteiger charge is -2.17. The minimum absolute atomic E-state index is 0.00958. The van der Waals surface area contributed by atoms with Gasteiger partial charge in [-0.25, -0.2) is 0 Å². The molecule has 1 aromatic rings. The van der Waals surface area contributed by atoms with E-state index in [9.17, 15) is 9.90 Å². The standard InChI is InChI=1S/C12H14BrNO2/c1-8-10(3-2-4-11(8)15)12(16)14-6-5-9(13)7-14/h2-4,9,15H,5-7H2,1H3. The molecule has 1 aliphatic rings. The van der Waals surface area contributed by atoms with Gasteiger partial charge in [0.05, 0.1) is 0 Å². The zero-order valence-corrected chi connectivity index (χ0v) is 10.7. The molecular weight excluding hydrogens is 270 g/mol. The van der Waals surface area contributed by atoms with Crippen LogP contribution in [0.4, 0.5) is 0 Å². The molecule has 16 heavy (non-hydrogen) atoms. The molecule has 0 spiro atoms. The second-order valence-corrected chi connectivity index (χ2v) is 5.38. The summed E-state index contributed by atoms with van der Waals surface area (Å²) in [5.41, 5.74) is 1.26. The fraction of sp³-hybridized carbons (Fsp3) is 0.417. The van der Waals surface area contributed by atoms with E-state index in [0.29, 0.717) is 16.0 Å². The minimum Gasteiger partial charge on any atom is -0.508 e. The van der Waals surface area contributed by atoms with Crippen LogP contribution in [-0.2, 0) is 0 Å². The van der Waals surface area contributed by atoms with Crippen molar-refractivity contribution in [1.29, 1.82) is 0 Å². The van der Waals surface area contributed by atoms with Crippen LogP contribution >= 0.6 is 15.9 Å². The van der Waals surface area contributed by atoms with Crippen molar-refractivity contribution in [3.8, 4) is 5.75 Å². The third-order valence-electron chi connectivity index (χ3n) is 2.95. The highest BCUT2D eigenvalue weighted by atomic mass is 79.9. The van der Waals surface area contributed by atoms with E-state index in [4.69, 9.17) is 0 Å². The molecule has 1 aromatic carbocycles. The Morgan fingerprint density at radius 3 is 2.94 bits per heavy atom. The summed E-state index contributed by atoms with van der Waals surface area (Å²) in [6, 6.07) is 5.07. The van der Waals surface area contributed by atoms with E-state index in [2.05, 4.69) is 15.9 Å². The van der Waals surface area contributed by atoms with Gasteiger partial charge in [-0.1, -0.05) is 22.0 Å². The lowest BCUT2D eigenvalue weighted by atomic mass is 10.1. The highest BCUT2D eigenvalue weighted by Crippen LogP contribution is 2.24. The second-order valence-electron chi connectivity index (χ2n) is 4.09. The Kier molecular flexibility index (Phi) is 3.19. The third-order valence-corrected chi connectivity index (χ3v) is 3.70. The van der Waals surface area contributed by atoms with Gasteiger partial charge in [0.25, 0.3) is 5.91 Å². The molecule has 1 aliphatic heterocycles. The average Bonchev–Trinajstić information content (AvgIpc) is 2.68. The zero-order chi connectivity index (χ0) is 11.7. The first-order valence-electron chi connectivity index (χ1n) is 5.31. The fourth-order valence-electron chi connectivity index (χ4n) is 1.93. The van der Waals surface area contributed by atoms with Crippen LogP contribution in [0.3, 0.4) is 0 Å².